The van der Waals surface area contributed by atoms with Gasteiger partial charge >= 0.3 is 5.97 Å². The van der Waals surface area contributed by atoms with Gasteiger partial charge in [0.25, 0.3) is 0 Å². The molecule has 0 bridgehead atoms. The number of carbonyl (C=O) groups excluding carboxylic acids is 1. The quantitative estimate of drug-likeness (QED) is 0.822. The van der Waals surface area contributed by atoms with E-state index in [4.69, 9.17) is 17.3 Å². The Hall–Kier alpha value is -1.84. The first kappa shape index (κ1) is 16.5. The molecule has 116 valence electrons. The molecule has 0 radical (unpaired) electrons. The van der Waals surface area contributed by atoms with Crippen LogP contribution in [0.25, 0.3) is 0 Å². The van der Waals surface area contributed by atoms with Crippen molar-refractivity contribution in [2.75, 3.05) is 7.11 Å². The monoisotopic (exact) mass is 317 g/mol. The lowest BCUT2D eigenvalue weighted by Gasteiger charge is -2.13. The maximum Gasteiger partial charge on any atom is 0.305 e. The molecule has 4 heteroatoms. The summed E-state index contributed by atoms with van der Waals surface area (Å²) in [5, 5.41) is 0.705. The van der Waals surface area contributed by atoms with Crippen LogP contribution in [0.2, 0.25) is 5.02 Å². The van der Waals surface area contributed by atoms with Crippen molar-refractivity contribution in [1.29, 1.82) is 0 Å². The average molecular weight is 318 g/mol. The Morgan fingerprint density at radius 3 is 2.18 bits per heavy atom. The van der Waals surface area contributed by atoms with E-state index < -0.39 is 0 Å². The first-order valence-corrected chi connectivity index (χ1v) is 7.64. The number of hydrogen-bond acceptors (Lipinski definition) is 3. The van der Waals surface area contributed by atoms with Gasteiger partial charge in [0.1, 0.15) is 0 Å². The Bertz CT molecular complexity index is 608. The van der Waals surface area contributed by atoms with Crippen molar-refractivity contribution in [3.05, 3.63) is 70.2 Å². The molecular weight excluding hydrogens is 298 g/mol. The number of methoxy groups -OCH3 is 1. The first-order valence-electron chi connectivity index (χ1n) is 7.27. The molecule has 2 N–H and O–H groups in total. The molecule has 0 amide bonds. The number of aryl methyl sites for hydroxylation is 1. The number of benzene rings is 2. The number of rotatable bonds is 6. The highest BCUT2D eigenvalue weighted by Crippen LogP contribution is 2.22. The molecule has 0 aliphatic rings. The van der Waals surface area contributed by atoms with Gasteiger partial charge in [0.2, 0.25) is 0 Å². The van der Waals surface area contributed by atoms with Crippen LogP contribution in [0.1, 0.15) is 35.6 Å². The van der Waals surface area contributed by atoms with Gasteiger partial charge in [-0.1, -0.05) is 48.0 Å². The van der Waals surface area contributed by atoms with Gasteiger partial charge in [-0.2, -0.15) is 0 Å². The van der Waals surface area contributed by atoms with Crippen molar-refractivity contribution < 1.29 is 9.53 Å². The Morgan fingerprint density at radius 1 is 1.09 bits per heavy atom. The van der Waals surface area contributed by atoms with Crippen LogP contribution in [0.3, 0.4) is 0 Å². The van der Waals surface area contributed by atoms with Crippen molar-refractivity contribution in [1.82, 2.24) is 0 Å². The molecule has 0 spiro atoms. The number of esters is 1. The number of halogens is 1. The fraction of sp³-hybridized carbons (Fsp3) is 0.278. The number of hydrogen-bond donors (Lipinski definition) is 1. The van der Waals surface area contributed by atoms with Crippen LogP contribution in [-0.2, 0) is 16.0 Å². The lowest BCUT2D eigenvalue weighted by atomic mass is 9.97. The molecule has 2 aromatic rings. The van der Waals surface area contributed by atoms with Crippen LogP contribution in [0, 0.1) is 0 Å². The highest BCUT2D eigenvalue weighted by molar-refractivity contribution is 6.30. The second-order valence-electron chi connectivity index (χ2n) is 5.20. The van der Waals surface area contributed by atoms with Crippen molar-refractivity contribution >= 4 is 17.6 Å². The standard InChI is InChI=1S/C18H20ClNO2/c1-22-17(21)4-2-3-13-5-7-14(8-6-13)18(20)15-9-11-16(19)12-10-15/h5-12,18H,2-4,20H2,1H3. The Balaban J connectivity index is 1.96. The Morgan fingerprint density at radius 2 is 1.64 bits per heavy atom. The summed E-state index contributed by atoms with van der Waals surface area (Å²) in [5.41, 5.74) is 9.55. The highest BCUT2D eigenvalue weighted by Gasteiger charge is 2.09. The fourth-order valence-corrected chi connectivity index (χ4v) is 2.42. The summed E-state index contributed by atoms with van der Waals surface area (Å²) in [7, 11) is 1.41. The SMILES string of the molecule is COC(=O)CCCc1ccc(C(N)c2ccc(Cl)cc2)cc1. The van der Waals surface area contributed by atoms with Gasteiger partial charge in [-0.3, -0.25) is 4.79 Å². The van der Waals surface area contributed by atoms with Crippen LogP contribution < -0.4 is 5.73 Å². The van der Waals surface area contributed by atoms with E-state index in [0.717, 1.165) is 24.0 Å². The second kappa shape index (κ2) is 7.97. The summed E-state index contributed by atoms with van der Waals surface area (Å²) in [6.07, 6.45) is 2.09. The van der Waals surface area contributed by atoms with Crippen molar-refractivity contribution in [3.63, 3.8) is 0 Å². The van der Waals surface area contributed by atoms with E-state index in [1.54, 1.807) is 0 Å². The molecule has 0 saturated carbocycles. The van der Waals surface area contributed by atoms with Gasteiger partial charge in [0.15, 0.2) is 0 Å². The molecular formula is C18H20ClNO2. The number of carbonyl (C=O) groups is 1. The Kier molecular flexibility index (Phi) is 5.99. The zero-order chi connectivity index (χ0) is 15.9. The van der Waals surface area contributed by atoms with Gasteiger partial charge in [-0.05, 0) is 41.7 Å². The molecule has 0 aromatic heterocycles. The van der Waals surface area contributed by atoms with E-state index in [-0.39, 0.29) is 12.0 Å². The van der Waals surface area contributed by atoms with Gasteiger partial charge in [0.05, 0.1) is 13.2 Å². The third-order valence-electron chi connectivity index (χ3n) is 3.64. The molecule has 2 aromatic carbocycles. The summed E-state index contributed by atoms with van der Waals surface area (Å²) in [6.45, 7) is 0. The van der Waals surface area contributed by atoms with Crippen molar-refractivity contribution in [3.8, 4) is 0 Å². The van der Waals surface area contributed by atoms with Gasteiger partial charge in [0, 0.05) is 11.4 Å². The van der Waals surface area contributed by atoms with Crippen molar-refractivity contribution in [2.45, 2.75) is 25.3 Å². The summed E-state index contributed by atoms with van der Waals surface area (Å²) in [6, 6.07) is 15.6. The third-order valence-corrected chi connectivity index (χ3v) is 3.89. The van der Waals surface area contributed by atoms with Crippen molar-refractivity contribution in [2.24, 2.45) is 5.73 Å². The van der Waals surface area contributed by atoms with Crippen LogP contribution >= 0.6 is 11.6 Å². The number of nitrogens with two attached hydrogens (primary N) is 1. The highest BCUT2D eigenvalue weighted by atomic mass is 35.5. The van der Waals surface area contributed by atoms with Gasteiger partial charge in [-0.25, -0.2) is 0 Å². The minimum Gasteiger partial charge on any atom is -0.469 e. The molecule has 22 heavy (non-hydrogen) atoms. The lowest BCUT2D eigenvalue weighted by molar-refractivity contribution is -0.140. The summed E-state index contributed by atoms with van der Waals surface area (Å²) < 4.78 is 4.63. The summed E-state index contributed by atoms with van der Waals surface area (Å²) >= 11 is 5.89. The molecule has 0 aliphatic carbocycles. The molecule has 0 aliphatic heterocycles. The van der Waals surface area contributed by atoms with E-state index in [1.807, 2.05) is 36.4 Å². The van der Waals surface area contributed by atoms with E-state index in [0.29, 0.717) is 11.4 Å². The molecule has 3 nitrogen and oxygen atoms in total. The smallest absolute Gasteiger partial charge is 0.305 e. The minimum atomic E-state index is -0.165. The van der Waals surface area contributed by atoms with E-state index >= 15 is 0 Å². The van der Waals surface area contributed by atoms with Crippen LogP contribution in [-0.4, -0.2) is 13.1 Å². The predicted octanol–water partition coefficient (Wildman–Crippen LogP) is 3.88. The molecule has 0 fully saturated rings. The predicted molar refractivity (Wildman–Crippen MR) is 88.9 cm³/mol. The average Bonchev–Trinajstić information content (AvgIpc) is 2.55. The third kappa shape index (κ3) is 4.58. The Labute approximate surface area is 136 Å². The van der Waals surface area contributed by atoms with Crippen LogP contribution in [0.15, 0.2) is 48.5 Å². The number of ether oxygens (including phenoxy) is 1. The first-order chi connectivity index (χ1) is 10.6. The summed E-state index contributed by atoms with van der Waals surface area (Å²) in [4.78, 5) is 11.1. The zero-order valence-electron chi connectivity index (χ0n) is 12.6. The topological polar surface area (TPSA) is 52.3 Å². The minimum absolute atomic E-state index is 0.165. The van der Waals surface area contributed by atoms with E-state index in [2.05, 4.69) is 16.9 Å². The normalized spacial score (nSPS) is 12.0. The van der Waals surface area contributed by atoms with Gasteiger partial charge in [-0.15, -0.1) is 0 Å². The molecule has 2 rings (SSSR count). The van der Waals surface area contributed by atoms with Gasteiger partial charge < -0.3 is 10.5 Å². The molecule has 1 unspecified atom stereocenters. The molecule has 1 atom stereocenters. The van der Waals surface area contributed by atoms with E-state index in [9.17, 15) is 4.79 Å². The second-order valence-corrected chi connectivity index (χ2v) is 5.64. The maximum absolute atomic E-state index is 11.1. The molecule has 0 saturated heterocycles. The summed E-state index contributed by atoms with van der Waals surface area (Å²) in [5.74, 6) is -0.165. The fourth-order valence-electron chi connectivity index (χ4n) is 2.29. The molecule has 0 heterocycles. The van der Waals surface area contributed by atoms with Crippen LogP contribution in [0.4, 0.5) is 0 Å². The largest absolute Gasteiger partial charge is 0.469 e. The zero-order valence-corrected chi connectivity index (χ0v) is 13.3. The lowest BCUT2D eigenvalue weighted by Crippen LogP contribution is -2.11. The maximum atomic E-state index is 11.1. The van der Waals surface area contributed by atoms with E-state index in [1.165, 1.54) is 12.7 Å². The van der Waals surface area contributed by atoms with Crippen LogP contribution in [0.5, 0.6) is 0 Å².